The van der Waals surface area contributed by atoms with E-state index in [1.54, 1.807) is 29.7 Å². The van der Waals surface area contributed by atoms with Crippen LogP contribution in [0.2, 0.25) is 0 Å². The Hall–Kier alpha value is -3.15. The summed E-state index contributed by atoms with van der Waals surface area (Å²) < 4.78 is 1.68. The molecule has 0 spiro atoms. The number of fused-ring (bicyclic) bond motifs is 1. The summed E-state index contributed by atoms with van der Waals surface area (Å²) in [5.41, 5.74) is 3.52. The summed E-state index contributed by atoms with van der Waals surface area (Å²) in [7, 11) is 0. The molecule has 3 rings (SSSR count). The second kappa shape index (κ2) is 9.37. The SMILES string of the molecule is CCN(CCCNC(=O)c1ccc2c(c1)nc(C)c(=O)n2CC)c1ccccc1. The van der Waals surface area contributed by atoms with Crippen LogP contribution in [0.5, 0.6) is 0 Å². The fraction of sp³-hybridized carbons (Fsp3) is 0.348. The molecule has 1 N–H and O–H groups in total. The van der Waals surface area contributed by atoms with Gasteiger partial charge in [-0.15, -0.1) is 0 Å². The number of anilines is 1. The van der Waals surface area contributed by atoms with Crippen LogP contribution in [-0.4, -0.2) is 35.1 Å². The van der Waals surface area contributed by atoms with Gasteiger partial charge in [-0.05, 0) is 57.5 Å². The second-order valence-corrected chi connectivity index (χ2v) is 6.97. The largest absolute Gasteiger partial charge is 0.372 e. The van der Waals surface area contributed by atoms with E-state index in [1.807, 2.05) is 25.1 Å². The molecule has 1 heterocycles. The minimum atomic E-state index is -0.122. The third-order valence-corrected chi connectivity index (χ3v) is 5.08. The smallest absolute Gasteiger partial charge is 0.272 e. The van der Waals surface area contributed by atoms with Crippen LogP contribution in [0.15, 0.2) is 53.3 Å². The highest BCUT2D eigenvalue weighted by molar-refractivity contribution is 5.97. The van der Waals surface area contributed by atoms with Crippen molar-refractivity contribution >= 4 is 22.6 Å². The van der Waals surface area contributed by atoms with E-state index in [0.29, 0.717) is 29.9 Å². The van der Waals surface area contributed by atoms with E-state index >= 15 is 0 Å². The van der Waals surface area contributed by atoms with E-state index < -0.39 is 0 Å². The molecule has 0 radical (unpaired) electrons. The Labute approximate surface area is 171 Å². The number of carbonyl (C=O) groups is 1. The molecular weight excluding hydrogens is 364 g/mol. The maximum absolute atomic E-state index is 12.6. The minimum Gasteiger partial charge on any atom is -0.372 e. The van der Waals surface area contributed by atoms with Crippen LogP contribution in [0.3, 0.4) is 0 Å². The van der Waals surface area contributed by atoms with Crippen molar-refractivity contribution in [1.82, 2.24) is 14.9 Å². The summed E-state index contributed by atoms with van der Waals surface area (Å²) in [4.78, 5) is 31.4. The standard InChI is InChI=1S/C23H28N4O2/c1-4-26(19-10-7-6-8-11-19)15-9-14-24-22(28)18-12-13-21-20(16-18)25-17(3)23(29)27(21)5-2/h6-8,10-13,16H,4-5,9,14-15H2,1-3H3,(H,24,28). The van der Waals surface area contributed by atoms with Gasteiger partial charge in [0.2, 0.25) is 0 Å². The molecule has 6 heteroatoms. The van der Waals surface area contributed by atoms with Gasteiger partial charge in [0.1, 0.15) is 5.69 Å². The van der Waals surface area contributed by atoms with Crippen molar-refractivity contribution in [2.24, 2.45) is 0 Å². The summed E-state index contributed by atoms with van der Waals surface area (Å²) in [6.07, 6.45) is 0.856. The highest BCUT2D eigenvalue weighted by atomic mass is 16.1. The van der Waals surface area contributed by atoms with Gasteiger partial charge >= 0.3 is 0 Å². The van der Waals surface area contributed by atoms with E-state index in [0.717, 1.165) is 25.0 Å². The van der Waals surface area contributed by atoms with E-state index in [4.69, 9.17) is 0 Å². The number of benzene rings is 2. The number of nitrogens with one attached hydrogen (secondary N) is 1. The lowest BCUT2D eigenvalue weighted by Gasteiger charge is -2.23. The van der Waals surface area contributed by atoms with Crippen molar-refractivity contribution in [2.45, 2.75) is 33.7 Å². The number of rotatable bonds is 8. The topological polar surface area (TPSA) is 67.2 Å². The van der Waals surface area contributed by atoms with Gasteiger partial charge in [-0.2, -0.15) is 0 Å². The number of amides is 1. The van der Waals surface area contributed by atoms with Gasteiger partial charge in [0.25, 0.3) is 11.5 Å². The number of aryl methyl sites for hydroxylation is 2. The van der Waals surface area contributed by atoms with Gasteiger partial charge in [0.15, 0.2) is 0 Å². The van der Waals surface area contributed by atoms with E-state index in [9.17, 15) is 9.59 Å². The van der Waals surface area contributed by atoms with Crippen molar-refractivity contribution in [3.63, 3.8) is 0 Å². The Morgan fingerprint density at radius 2 is 1.90 bits per heavy atom. The average Bonchev–Trinajstić information content (AvgIpc) is 2.75. The van der Waals surface area contributed by atoms with Gasteiger partial charge in [0, 0.05) is 37.4 Å². The summed E-state index contributed by atoms with van der Waals surface area (Å²) in [6.45, 7) is 8.73. The third kappa shape index (κ3) is 4.65. The highest BCUT2D eigenvalue weighted by Gasteiger charge is 2.11. The van der Waals surface area contributed by atoms with Crippen molar-refractivity contribution in [1.29, 1.82) is 0 Å². The highest BCUT2D eigenvalue weighted by Crippen LogP contribution is 2.14. The van der Waals surface area contributed by atoms with Crippen molar-refractivity contribution in [3.05, 3.63) is 70.1 Å². The van der Waals surface area contributed by atoms with Crippen LogP contribution in [0.1, 0.15) is 36.3 Å². The van der Waals surface area contributed by atoms with Crippen molar-refractivity contribution < 1.29 is 4.79 Å². The van der Waals surface area contributed by atoms with Gasteiger partial charge in [-0.3, -0.25) is 9.59 Å². The summed E-state index contributed by atoms with van der Waals surface area (Å²) in [5.74, 6) is -0.122. The van der Waals surface area contributed by atoms with Crippen molar-refractivity contribution in [3.8, 4) is 0 Å². The first-order valence-electron chi connectivity index (χ1n) is 10.1. The van der Waals surface area contributed by atoms with Crippen molar-refractivity contribution in [2.75, 3.05) is 24.5 Å². The molecule has 152 valence electrons. The zero-order valence-corrected chi connectivity index (χ0v) is 17.3. The van der Waals surface area contributed by atoms with Gasteiger partial charge in [0.05, 0.1) is 11.0 Å². The number of aromatic nitrogens is 2. The number of carbonyl (C=O) groups excluding carboxylic acids is 1. The molecule has 0 fully saturated rings. The summed E-state index contributed by atoms with van der Waals surface area (Å²) >= 11 is 0. The van der Waals surface area contributed by atoms with Gasteiger partial charge < -0.3 is 14.8 Å². The Morgan fingerprint density at radius 1 is 1.14 bits per heavy atom. The lowest BCUT2D eigenvalue weighted by atomic mass is 10.1. The van der Waals surface area contributed by atoms with Gasteiger partial charge in [-0.1, -0.05) is 18.2 Å². The van der Waals surface area contributed by atoms with Crippen LogP contribution < -0.4 is 15.8 Å². The molecule has 0 aliphatic heterocycles. The molecule has 0 aliphatic rings. The molecule has 0 atom stereocenters. The first-order valence-corrected chi connectivity index (χ1v) is 10.1. The third-order valence-electron chi connectivity index (χ3n) is 5.08. The van der Waals surface area contributed by atoms with E-state index in [1.165, 1.54) is 5.69 Å². The second-order valence-electron chi connectivity index (χ2n) is 6.97. The molecule has 2 aromatic carbocycles. The zero-order valence-electron chi connectivity index (χ0n) is 17.3. The molecule has 0 aliphatic carbocycles. The molecule has 1 aromatic heterocycles. The Balaban J connectivity index is 1.63. The molecule has 3 aromatic rings. The maximum Gasteiger partial charge on any atom is 0.272 e. The quantitative estimate of drug-likeness (QED) is 0.597. The van der Waals surface area contributed by atoms with Crippen LogP contribution in [0.4, 0.5) is 5.69 Å². The number of nitrogens with zero attached hydrogens (tertiary/aromatic N) is 3. The first kappa shape index (κ1) is 20.6. The molecule has 6 nitrogen and oxygen atoms in total. The van der Waals surface area contributed by atoms with E-state index in [-0.39, 0.29) is 11.5 Å². The van der Waals surface area contributed by atoms with E-state index in [2.05, 4.69) is 34.3 Å². The lowest BCUT2D eigenvalue weighted by Crippen LogP contribution is -2.30. The Bertz CT molecular complexity index is 1040. The molecular formula is C23H28N4O2. The molecule has 1 amide bonds. The summed E-state index contributed by atoms with van der Waals surface area (Å²) in [5, 5.41) is 2.99. The summed E-state index contributed by atoms with van der Waals surface area (Å²) in [6, 6.07) is 15.6. The van der Waals surface area contributed by atoms with Crippen LogP contribution in [0, 0.1) is 6.92 Å². The van der Waals surface area contributed by atoms with Crippen LogP contribution >= 0.6 is 0 Å². The monoisotopic (exact) mass is 392 g/mol. The fourth-order valence-corrected chi connectivity index (χ4v) is 3.51. The van der Waals surface area contributed by atoms with Crippen LogP contribution in [-0.2, 0) is 6.54 Å². The Kier molecular flexibility index (Phi) is 6.65. The lowest BCUT2D eigenvalue weighted by molar-refractivity contribution is 0.0953. The normalized spacial score (nSPS) is 10.9. The van der Waals surface area contributed by atoms with Crippen LogP contribution in [0.25, 0.3) is 11.0 Å². The maximum atomic E-state index is 12.6. The number of hydrogen-bond donors (Lipinski definition) is 1. The number of para-hydroxylation sites is 1. The Morgan fingerprint density at radius 3 is 2.59 bits per heavy atom. The first-order chi connectivity index (χ1) is 14.0. The molecule has 0 unspecified atom stereocenters. The molecule has 0 saturated carbocycles. The molecule has 29 heavy (non-hydrogen) atoms. The predicted octanol–water partition coefficient (Wildman–Crippen LogP) is 3.37. The molecule has 0 bridgehead atoms. The number of hydrogen-bond acceptors (Lipinski definition) is 4. The van der Waals surface area contributed by atoms with Gasteiger partial charge in [-0.25, -0.2) is 4.98 Å². The zero-order chi connectivity index (χ0) is 20.8. The predicted molar refractivity (Wildman–Crippen MR) is 118 cm³/mol. The fourth-order valence-electron chi connectivity index (χ4n) is 3.51. The minimum absolute atomic E-state index is 0.0869. The average molecular weight is 393 g/mol. The molecule has 0 saturated heterocycles.